The first-order valence-corrected chi connectivity index (χ1v) is 7.12. The van der Waals surface area contributed by atoms with Crippen molar-refractivity contribution < 1.29 is 4.74 Å². The number of hydrogen-bond donors (Lipinski definition) is 1. The normalized spacial score (nSPS) is 19.6. The zero-order valence-corrected chi connectivity index (χ0v) is 12.1. The Hall–Kier alpha value is -0.540. The molecular weight excluding hydrogens is 278 g/mol. The van der Waals surface area contributed by atoms with Gasteiger partial charge in [-0.2, -0.15) is 0 Å². The van der Waals surface area contributed by atoms with Crippen LogP contribution in [0.25, 0.3) is 0 Å². The molecule has 0 aromatic heterocycles. The molecule has 1 aliphatic rings. The SMILES string of the molecule is CCc1c(Br)cc(CC2CCCN2)cc1OC. The number of rotatable bonds is 4. The van der Waals surface area contributed by atoms with Gasteiger partial charge in [-0.1, -0.05) is 22.9 Å². The Morgan fingerprint density at radius 3 is 2.88 bits per heavy atom. The summed E-state index contributed by atoms with van der Waals surface area (Å²) < 4.78 is 6.65. The number of ether oxygens (including phenoxy) is 1. The van der Waals surface area contributed by atoms with Crippen molar-refractivity contribution in [3.05, 3.63) is 27.7 Å². The Morgan fingerprint density at radius 2 is 2.29 bits per heavy atom. The van der Waals surface area contributed by atoms with Crippen LogP contribution in [0, 0.1) is 0 Å². The molecule has 1 aliphatic heterocycles. The van der Waals surface area contributed by atoms with E-state index in [-0.39, 0.29) is 0 Å². The highest BCUT2D eigenvalue weighted by Crippen LogP contribution is 2.30. The van der Waals surface area contributed by atoms with E-state index in [9.17, 15) is 0 Å². The molecule has 0 radical (unpaired) electrons. The number of benzene rings is 1. The molecule has 1 aromatic rings. The number of hydrogen-bond acceptors (Lipinski definition) is 2. The lowest BCUT2D eigenvalue weighted by atomic mass is 10.0. The molecule has 1 aromatic carbocycles. The van der Waals surface area contributed by atoms with Gasteiger partial charge in [0.2, 0.25) is 0 Å². The van der Waals surface area contributed by atoms with E-state index in [1.807, 2.05) is 0 Å². The second kappa shape index (κ2) is 5.87. The van der Waals surface area contributed by atoms with Crippen LogP contribution in [-0.4, -0.2) is 19.7 Å². The molecule has 17 heavy (non-hydrogen) atoms. The van der Waals surface area contributed by atoms with Crippen LogP contribution in [0.2, 0.25) is 0 Å². The third-order valence-corrected chi connectivity index (χ3v) is 4.14. The van der Waals surface area contributed by atoms with E-state index >= 15 is 0 Å². The average molecular weight is 298 g/mol. The lowest BCUT2D eigenvalue weighted by Gasteiger charge is -2.14. The first kappa shape index (κ1) is 12.9. The fraction of sp³-hybridized carbons (Fsp3) is 0.571. The van der Waals surface area contributed by atoms with Gasteiger partial charge >= 0.3 is 0 Å². The second-order valence-corrected chi connectivity index (χ2v) is 5.46. The van der Waals surface area contributed by atoms with Crippen molar-refractivity contribution in [3.63, 3.8) is 0 Å². The molecule has 0 amide bonds. The molecule has 1 N–H and O–H groups in total. The van der Waals surface area contributed by atoms with Gasteiger partial charge in [0.05, 0.1) is 7.11 Å². The van der Waals surface area contributed by atoms with E-state index in [2.05, 4.69) is 40.3 Å². The topological polar surface area (TPSA) is 21.3 Å². The Bertz CT molecular complexity index is 386. The fourth-order valence-corrected chi connectivity index (χ4v) is 3.29. The minimum absolute atomic E-state index is 0.638. The van der Waals surface area contributed by atoms with Crippen LogP contribution in [0.5, 0.6) is 5.75 Å². The summed E-state index contributed by atoms with van der Waals surface area (Å²) in [5.74, 6) is 1.01. The lowest BCUT2D eigenvalue weighted by Crippen LogP contribution is -2.23. The molecule has 2 nitrogen and oxygen atoms in total. The number of methoxy groups -OCH3 is 1. The highest BCUT2D eigenvalue weighted by molar-refractivity contribution is 9.10. The van der Waals surface area contributed by atoms with Crippen LogP contribution < -0.4 is 10.1 Å². The summed E-state index contributed by atoms with van der Waals surface area (Å²) in [6.45, 7) is 3.32. The van der Waals surface area contributed by atoms with Crippen molar-refractivity contribution in [2.24, 2.45) is 0 Å². The minimum Gasteiger partial charge on any atom is -0.496 e. The highest BCUT2D eigenvalue weighted by Gasteiger charge is 2.16. The Balaban J connectivity index is 2.19. The largest absolute Gasteiger partial charge is 0.496 e. The Labute approximate surface area is 112 Å². The molecule has 1 heterocycles. The standard InChI is InChI=1S/C14H20BrNO/c1-3-12-13(15)8-10(9-14(12)17-2)7-11-5-4-6-16-11/h8-9,11,16H,3-7H2,1-2H3. The molecule has 3 heteroatoms. The van der Waals surface area contributed by atoms with Gasteiger partial charge in [0, 0.05) is 16.1 Å². The summed E-state index contributed by atoms with van der Waals surface area (Å²) in [6, 6.07) is 5.06. The quantitative estimate of drug-likeness (QED) is 0.921. The fourth-order valence-electron chi connectivity index (χ4n) is 2.52. The minimum atomic E-state index is 0.638. The van der Waals surface area contributed by atoms with E-state index in [1.165, 1.54) is 28.4 Å². The van der Waals surface area contributed by atoms with Crippen LogP contribution in [0.1, 0.15) is 30.9 Å². The molecule has 1 atom stereocenters. The highest BCUT2D eigenvalue weighted by atomic mass is 79.9. The molecular formula is C14H20BrNO. The summed E-state index contributed by atoms with van der Waals surface area (Å²) in [4.78, 5) is 0. The molecule has 0 bridgehead atoms. The van der Waals surface area contributed by atoms with Crippen molar-refractivity contribution in [1.82, 2.24) is 5.32 Å². The van der Waals surface area contributed by atoms with Gasteiger partial charge in [-0.3, -0.25) is 0 Å². The number of halogens is 1. The molecule has 2 rings (SSSR count). The van der Waals surface area contributed by atoms with Crippen molar-refractivity contribution in [3.8, 4) is 5.75 Å². The Morgan fingerprint density at radius 1 is 1.47 bits per heavy atom. The van der Waals surface area contributed by atoms with Crippen molar-refractivity contribution >= 4 is 15.9 Å². The first-order chi connectivity index (χ1) is 8.24. The lowest BCUT2D eigenvalue weighted by molar-refractivity contribution is 0.409. The van der Waals surface area contributed by atoms with Crippen LogP contribution in [-0.2, 0) is 12.8 Å². The third kappa shape index (κ3) is 3.02. The summed E-state index contributed by atoms with van der Waals surface area (Å²) in [6.07, 6.45) is 4.68. The van der Waals surface area contributed by atoms with Gasteiger partial charge in [-0.25, -0.2) is 0 Å². The van der Waals surface area contributed by atoms with Gasteiger partial charge in [0.15, 0.2) is 0 Å². The van der Waals surface area contributed by atoms with Crippen LogP contribution in [0.4, 0.5) is 0 Å². The van der Waals surface area contributed by atoms with Gasteiger partial charge in [-0.05, 0) is 49.9 Å². The van der Waals surface area contributed by atoms with E-state index in [0.717, 1.165) is 25.1 Å². The van der Waals surface area contributed by atoms with Crippen molar-refractivity contribution in [1.29, 1.82) is 0 Å². The summed E-state index contributed by atoms with van der Waals surface area (Å²) >= 11 is 3.65. The van der Waals surface area contributed by atoms with Crippen molar-refractivity contribution in [2.75, 3.05) is 13.7 Å². The third-order valence-electron chi connectivity index (χ3n) is 3.43. The van der Waals surface area contributed by atoms with E-state index in [0.29, 0.717) is 6.04 Å². The van der Waals surface area contributed by atoms with E-state index in [1.54, 1.807) is 7.11 Å². The van der Waals surface area contributed by atoms with Gasteiger partial charge in [0.25, 0.3) is 0 Å². The molecule has 1 fully saturated rings. The van der Waals surface area contributed by atoms with Crippen LogP contribution in [0.3, 0.4) is 0 Å². The Kier molecular flexibility index (Phi) is 4.46. The van der Waals surface area contributed by atoms with E-state index in [4.69, 9.17) is 4.74 Å². The predicted molar refractivity (Wildman–Crippen MR) is 74.8 cm³/mol. The smallest absolute Gasteiger partial charge is 0.123 e. The zero-order valence-electron chi connectivity index (χ0n) is 10.6. The maximum absolute atomic E-state index is 5.47. The van der Waals surface area contributed by atoms with Crippen LogP contribution in [0.15, 0.2) is 16.6 Å². The zero-order chi connectivity index (χ0) is 12.3. The molecule has 94 valence electrons. The molecule has 1 unspecified atom stereocenters. The van der Waals surface area contributed by atoms with Gasteiger partial charge < -0.3 is 10.1 Å². The molecule has 1 saturated heterocycles. The van der Waals surface area contributed by atoms with Crippen molar-refractivity contribution in [2.45, 2.75) is 38.6 Å². The molecule has 0 spiro atoms. The van der Waals surface area contributed by atoms with Gasteiger partial charge in [-0.15, -0.1) is 0 Å². The summed E-state index contributed by atoms with van der Waals surface area (Å²) in [5.41, 5.74) is 2.61. The van der Waals surface area contributed by atoms with E-state index < -0.39 is 0 Å². The maximum atomic E-state index is 5.47. The molecule has 0 saturated carbocycles. The number of nitrogens with one attached hydrogen (secondary N) is 1. The predicted octanol–water partition coefficient (Wildman–Crippen LogP) is 3.31. The van der Waals surface area contributed by atoms with Crippen LogP contribution >= 0.6 is 15.9 Å². The average Bonchev–Trinajstić information content (AvgIpc) is 2.81. The maximum Gasteiger partial charge on any atom is 0.123 e. The summed E-state index contributed by atoms with van der Waals surface area (Å²) in [7, 11) is 1.75. The summed E-state index contributed by atoms with van der Waals surface area (Å²) in [5, 5.41) is 3.53. The van der Waals surface area contributed by atoms with Gasteiger partial charge in [0.1, 0.15) is 5.75 Å². The second-order valence-electron chi connectivity index (χ2n) is 4.61. The molecule has 0 aliphatic carbocycles. The first-order valence-electron chi connectivity index (χ1n) is 6.33. The monoisotopic (exact) mass is 297 g/mol.